The Balaban J connectivity index is 1.85. The van der Waals surface area contributed by atoms with Gasteiger partial charge in [0.15, 0.2) is 21.3 Å². The molecule has 3 aromatic heterocycles. The molecule has 0 radical (unpaired) electrons. The molecule has 1 aliphatic heterocycles. The van der Waals surface area contributed by atoms with E-state index in [1.165, 1.54) is 24.1 Å². The van der Waals surface area contributed by atoms with Crippen LogP contribution in [0.25, 0.3) is 28.0 Å². The maximum atomic E-state index is 15.8. The van der Waals surface area contributed by atoms with Gasteiger partial charge in [-0.3, -0.25) is 9.78 Å². The second-order valence-electron chi connectivity index (χ2n) is 10.1. The molecule has 4 heterocycles. The third-order valence-corrected chi connectivity index (χ3v) is 8.39. The second-order valence-corrected chi connectivity index (χ2v) is 12.0. The van der Waals surface area contributed by atoms with Gasteiger partial charge in [0.05, 0.1) is 45.8 Å². The van der Waals surface area contributed by atoms with Gasteiger partial charge in [0.1, 0.15) is 23.1 Å². The van der Waals surface area contributed by atoms with Crippen molar-refractivity contribution in [2.75, 3.05) is 30.8 Å². The molecule has 1 fully saturated rings. The number of amides is 1. The quantitative estimate of drug-likeness (QED) is 0.296. The van der Waals surface area contributed by atoms with Crippen LogP contribution in [0.4, 0.5) is 19.0 Å². The van der Waals surface area contributed by atoms with Crippen LogP contribution in [0.2, 0.25) is 0 Å². The van der Waals surface area contributed by atoms with E-state index in [1.54, 1.807) is 4.90 Å². The van der Waals surface area contributed by atoms with Crippen LogP contribution < -0.4 is 10.6 Å². The lowest BCUT2D eigenvalue weighted by molar-refractivity contribution is -0.128. The molecule has 1 atom stereocenters. The number of pyridine rings is 2. The van der Waals surface area contributed by atoms with Crippen molar-refractivity contribution in [2.45, 2.75) is 24.3 Å². The Hall–Kier alpha value is -5.10. The summed E-state index contributed by atoms with van der Waals surface area (Å²) in [5.41, 5.74) is -3.06. The van der Waals surface area contributed by atoms with Crippen LogP contribution in [0.15, 0.2) is 58.9 Å². The van der Waals surface area contributed by atoms with Crippen LogP contribution in [0.1, 0.15) is 12.1 Å². The lowest BCUT2D eigenvalue weighted by Crippen LogP contribution is -2.55. The van der Waals surface area contributed by atoms with Crippen molar-refractivity contribution in [1.29, 1.82) is 5.26 Å². The van der Waals surface area contributed by atoms with Crippen molar-refractivity contribution in [3.05, 3.63) is 82.8 Å². The molecule has 4 aromatic rings. The highest BCUT2D eigenvalue weighted by Gasteiger charge is 2.33. The number of piperazine rings is 1. The highest BCUT2D eigenvalue weighted by Crippen LogP contribution is 2.34. The van der Waals surface area contributed by atoms with Crippen LogP contribution >= 0.6 is 0 Å². The first kappa shape index (κ1) is 30.4. The lowest BCUT2D eigenvalue weighted by Gasteiger charge is -2.41. The maximum Gasteiger partial charge on any atom is 0.355 e. The zero-order valence-corrected chi connectivity index (χ0v) is 24.3. The van der Waals surface area contributed by atoms with Crippen LogP contribution in [0.3, 0.4) is 0 Å². The summed E-state index contributed by atoms with van der Waals surface area (Å²) in [5.74, 6) is -3.85. The molecule has 0 spiro atoms. The van der Waals surface area contributed by atoms with E-state index in [0.717, 1.165) is 41.2 Å². The number of halogens is 3. The molecule has 0 N–H and O–H groups in total. The SMILES string of the molecule is C=CC(=O)N1CCN(c2nc(=O)n(-c3c(S(C)(=O)=O)ccnc3C)c3nc(-c4c(F)cccc4F)c(F)cc23)CC1CC#N. The van der Waals surface area contributed by atoms with E-state index in [2.05, 4.69) is 21.5 Å². The third kappa shape index (κ3) is 5.28. The Morgan fingerprint density at radius 1 is 1.16 bits per heavy atom. The van der Waals surface area contributed by atoms with Gasteiger partial charge >= 0.3 is 5.69 Å². The number of fused-ring (bicyclic) bond motifs is 1. The van der Waals surface area contributed by atoms with Crippen molar-refractivity contribution in [2.24, 2.45) is 0 Å². The molecule has 44 heavy (non-hydrogen) atoms. The first-order valence-electron chi connectivity index (χ1n) is 13.2. The molecule has 11 nitrogen and oxygen atoms in total. The normalized spacial score (nSPS) is 15.3. The van der Waals surface area contributed by atoms with Crippen LogP contribution in [-0.2, 0) is 14.6 Å². The minimum atomic E-state index is -3.97. The smallest absolute Gasteiger partial charge is 0.352 e. The lowest BCUT2D eigenvalue weighted by atomic mass is 10.1. The summed E-state index contributed by atoms with van der Waals surface area (Å²) in [5, 5.41) is 9.29. The zero-order chi connectivity index (χ0) is 31.9. The molecular weight excluding hydrogens is 599 g/mol. The van der Waals surface area contributed by atoms with Crippen LogP contribution in [0.5, 0.6) is 0 Å². The second kappa shape index (κ2) is 11.5. The Kier molecular flexibility index (Phi) is 7.96. The molecule has 0 aliphatic carbocycles. The van der Waals surface area contributed by atoms with E-state index < -0.39 is 56.2 Å². The van der Waals surface area contributed by atoms with E-state index in [9.17, 15) is 32.0 Å². The van der Waals surface area contributed by atoms with Crippen molar-refractivity contribution in [3.63, 3.8) is 0 Å². The van der Waals surface area contributed by atoms with Gasteiger partial charge in [0.25, 0.3) is 0 Å². The number of anilines is 1. The number of hydrogen-bond donors (Lipinski definition) is 0. The number of rotatable bonds is 6. The fraction of sp³-hybridized carbons (Fsp3) is 0.241. The summed E-state index contributed by atoms with van der Waals surface area (Å²) in [6.45, 7) is 5.17. The average molecular weight is 624 g/mol. The fourth-order valence-corrected chi connectivity index (χ4v) is 6.19. The van der Waals surface area contributed by atoms with Crippen molar-refractivity contribution >= 4 is 32.6 Å². The number of nitriles is 1. The standard InChI is InChI=1S/C29H24F3N7O4S/c1-4-23(40)38-13-12-37(15-17(38)8-10-33)27-18-14-21(32)25(24-19(30)6-5-7-20(24)31)35-28(18)39(29(41)36-27)26-16(2)34-11-9-22(26)44(3,42)43/h4-7,9,11,14,17H,1,8,12-13,15H2,2-3H3. The first-order valence-corrected chi connectivity index (χ1v) is 15.0. The molecular formula is C29H24F3N7O4S. The van der Waals surface area contributed by atoms with Crippen LogP contribution in [-0.4, -0.2) is 70.7 Å². The topological polar surface area (TPSA) is 142 Å². The summed E-state index contributed by atoms with van der Waals surface area (Å²) in [4.78, 5) is 41.5. The maximum absolute atomic E-state index is 15.8. The summed E-state index contributed by atoms with van der Waals surface area (Å²) in [6.07, 6.45) is 3.21. The van der Waals surface area contributed by atoms with Gasteiger partial charge in [0.2, 0.25) is 5.91 Å². The fourth-order valence-electron chi connectivity index (χ4n) is 5.29. The van der Waals surface area contributed by atoms with Gasteiger partial charge in [-0.05, 0) is 37.3 Å². The summed E-state index contributed by atoms with van der Waals surface area (Å²) in [6, 6.07) is 6.40. The van der Waals surface area contributed by atoms with Crippen molar-refractivity contribution < 1.29 is 26.4 Å². The molecule has 1 amide bonds. The van der Waals surface area contributed by atoms with E-state index in [4.69, 9.17) is 0 Å². The Morgan fingerprint density at radius 2 is 1.86 bits per heavy atom. The molecule has 1 saturated heterocycles. The molecule has 5 rings (SSSR count). The minimum Gasteiger partial charge on any atom is -0.352 e. The van der Waals surface area contributed by atoms with Gasteiger partial charge in [-0.25, -0.2) is 35.9 Å². The molecule has 226 valence electrons. The van der Waals surface area contributed by atoms with Gasteiger partial charge in [-0.1, -0.05) is 12.6 Å². The number of sulfone groups is 1. The Morgan fingerprint density at radius 3 is 2.50 bits per heavy atom. The van der Waals surface area contributed by atoms with Crippen molar-refractivity contribution in [1.82, 2.24) is 24.4 Å². The number of aromatic nitrogens is 4. The number of hydrogen-bond acceptors (Lipinski definition) is 9. The molecule has 1 unspecified atom stereocenters. The zero-order valence-electron chi connectivity index (χ0n) is 23.5. The minimum absolute atomic E-state index is 0.0184. The number of carbonyl (C=O) groups excluding carboxylic acids is 1. The summed E-state index contributed by atoms with van der Waals surface area (Å²) >= 11 is 0. The van der Waals surface area contributed by atoms with Gasteiger partial charge < -0.3 is 9.80 Å². The van der Waals surface area contributed by atoms with E-state index in [-0.39, 0.29) is 59.2 Å². The molecule has 1 aliphatic rings. The van der Waals surface area contributed by atoms with E-state index >= 15 is 4.39 Å². The predicted octanol–water partition coefficient (Wildman–Crippen LogP) is 3.09. The number of nitrogens with zero attached hydrogens (tertiary/aromatic N) is 7. The van der Waals surface area contributed by atoms with Crippen LogP contribution in [0, 0.1) is 35.7 Å². The number of carbonyl (C=O) groups is 1. The molecule has 0 bridgehead atoms. The summed E-state index contributed by atoms with van der Waals surface area (Å²) in [7, 11) is -3.97. The average Bonchev–Trinajstić information content (AvgIpc) is 2.97. The Labute approximate surface area is 249 Å². The largest absolute Gasteiger partial charge is 0.355 e. The Bertz CT molecular complexity index is 2040. The molecule has 0 saturated carbocycles. The van der Waals surface area contributed by atoms with Gasteiger partial charge in [0, 0.05) is 32.1 Å². The van der Waals surface area contributed by atoms with E-state index in [1.807, 2.05) is 6.07 Å². The summed E-state index contributed by atoms with van der Waals surface area (Å²) < 4.78 is 71.8. The van der Waals surface area contributed by atoms with E-state index in [0.29, 0.717) is 0 Å². The number of aryl methyl sites for hydroxylation is 1. The predicted molar refractivity (Wildman–Crippen MR) is 154 cm³/mol. The first-order chi connectivity index (χ1) is 20.9. The molecule has 1 aromatic carbocycles. The monoisotopic (exact) mass is 623 g/mol. The number of benzene rings is 1. The van der Waals surface area contributed by atoms with Crippen molar-refractivity contribution in [3.8, 4) is 23.0 Å². The van der Waals surface area contributed by atoms with Gasteiger partial charge in [-0.15, -0.1) is 0 Å². The third-order valence-electron chi connectivity index (χ3n) is 7.26. The highest BCUT2D eigenvalue weighted by atomic mass is 32.2. The highest BCUT2D eigenvalue weighted by molar-refractivity contribution is 7.90. The van der Waals surface area contributed by atoms with Gasteiger partial charge in [-0.2, -0.15) is 10.2 Å². The molecule has 15 heteroatoms.